The summed E-state index contributed by atoms with van der Waals surface area (Å²) < 4.78 is 24.1. The summed E-state index contributed by atoms with van der Waals surface area (Å²) in [6, 6.07) is 18.5. The van der Waals surface area contributed by atoms with Crippen molar-refractivity contribution in [2.45, 2.75) is 17.4 Å². The smallest absolute Gasteiger partial charge is 0.238 e. The van der Waals surface area contributed by atoms with E-state index in [4.69, 9.17) is 21.8 Å². The van der Waals surface area contributed by atoms with E-state index >= 15 is 0 Å². The highest BCUT2D eigenvalue weighted by Crippen LogP contribution is 2.41. The van der Waals surface area contributed by atoms with Crippen LogP contribution < -0.4 is 10.1 Å². The van der Waals surface area contributed by atoms with Gasteiger partial charge in [-0.2, -0.15) is 5.10 Å². The minimum atomic E-state index is -3.80. The Morgan fingerprint density at radius 2 is 1.73 bits per heavy atom. The number of anilines is 1. The second-order valence-electron chi connectivity index (χ2n) is 6.86. The fourth-order valence-electron chi connectivity index (χ4n) is 3.39. The van der Waals surface area contributed by atoms with E-state index < -0.39 is 10.0 Å². The maximum atomic E-state index is 11.6. The van der Waals surface area contributed by atoms with Gasteiger partial charge in [0.05, 0.1) is 22.3 Å². The van der Waals surface area contributed by atoms with Crippen molar-refractivity contribution in [1.82, 2.24) is 0 Å². The molecule has 3 aromatic carbocycles. The van der Waals surface area contributed by atoms with E-state index in [9.17, 15) is 13.5 Å². The van der Waals surface area contributed by atoms with Crippen molar-refractivity contribution < 1.29 is 13.5 Å². The Morgan fingerprint density at radius 3 is 2.37 bits per heavy atom. The fraction of sp³-hybridized carbons (Fsp3) is 0.0952. The summed E-state index contributed by atoms with van der Waals surface area (Å²) in [5.41, 5.74) is 3.09. The van der Waals surface area contributed by atoms with Crippen molar-refractivity contribution in [1.29, 1.82) is 0 Å². The third-order valence-corrected chi connectivity index (χ3v) is 6.56. The number of aromatic hydroxyl groups is 1. The van der Waals surface area contributed by atoms with Crippen LogP contribution in [0.4, 0.5) is 5.69 Å². The van der Waals surface area contributed by atoms with E-state index in [1.807, 2.05) is 24.3 Å². The van der Waals surface area contributed by atoms with Crippen molar-refractivity contribution >= 4 is 49.0 Å². The molecule has 0 saturated heterocycles. The zero-order valence-corrected chi connectivity index (χ0v) is 18.7. The topological polar surface area (TPSA) is 96.0 Å². The highest BCUT2D eigenvalue weighted by Gasteiger charge is 2.32. The number of benzene rings is 3. The second-order valence-corrected chi connectivity index (χ2v) is 9.77. The summed E-state index contributed by atoms with van der Waals surface area (Å²) >= 11 is 9.61. The van der Waals surface area contributed by atoms with Crippen LogP contribution in [0.25, 0.3) is 0 Å². The van der Waals surface area contributed by atoms with Gasteiger partial charge in [-0.15, -0.1) is 0 Å². The molecule has 0 aliphatic carbocycles. The first-order valence-electron chi connectivity index (χ1n) is 8.96. The van der Waals surface area contributed by atoms with Gasteiger partial charge in [0.25, 0.3) is 0 Å². The maximum Gasteiger partial charge on any atom is 0.238 e. The van der Waals surface area contributed by atoms with E-state index in [1.54, 1.807) is 35.3 Å². The standard InChI is InChI=1S/C21H17BrClN3O3S/c22-14-3-1-13(2-4-14)19-12-20(18-11-15(23)5-10-21(18)27)26(25-19)16-6-8-17(9-7-16)30(24,28)29/h1-11,20,27H,12H2,(H2,24,28,29). The summed E-state index contributed by atoms with van der Waals surface area (Å²) in [7, 11) is -3.80. The molecule has 0 radical (unpaired) electrons. The van der Waals surface area contributed by atoms with E-state index in [2.05, 4.69) is 15.9 Å². The molecule has 154 valence electrons. The fourth-order valence-corrected chi connectivity index (χ4v) is 4.35. The SMILES string of the molecule is NS(=O)(=O)c1ccc(N2N=C(c3ccc(Br)cc3)CC2c2cc(Cl)ccc2O)cc1. The van der Waals surface area contributed by atoms with Gasteiger partial charge in [0.15, 0.2) is 0 Å². The number of hydrogen-bond donors (Lipinski definition) is 2. The number of nitrogens with zero attached hydrogens (tertiary/aromatic N) is 2. The molecule has 1 aliphatic heterocycles. The van der Waals surface area contributed by atoms with Gasteiger partial charge in [-0.05, 0) is 60.2 Å². The van der Waals surface area contributed by atoms with Gasteiger partial charge in [0, 0.05) is 21.5 Å². The molecule has 4 rings (SSSR count). The zero-order valence-electron chi connectivity index (χ0n) is 15.5. The van der Waals surface area contributed by atoms with E-state index in [1.165, 1.54) is 12.1 Å². The van der Waals surface area contributed by atoms with Crippen molar-refractivity contribution in [3.8, 4) is 5.75 Å². The number of hydrazone groups is 1. The molecule has 0 spiro atoms. The first-order chi connectivity index (χ1) is 14.2. The number of phenols is 1. The van der Waals surface area contributed by atoms with Gasteiger partial charge in [0.1, 0.15) is 5.75 Å². The van der Waals surface area contributed by atoms with Gasteiger partial charge in [-0.1, -0.05) is 39.7 Å². The van der Waals surface area contributed by atoms with Gasteiger partial charge < -0.3 is 5.11 Å². The third kappa shape index (κ3) is 4.22. The van der Waals surface area contributed by atoms with Crippen LogP contribution >= 0.6 is 27.5 Å². The largest absolute Gasteiger partial charge is 0.508 e. The molecule has 0 bridgehead atoms. The Bertz CT molecular complexity index is 1230. The number of nitrogens with two attached hydrogens (primary N) is 1. The summed E-state index contributed by atoms with van der Waals surface area (Å²) in [6.07, 6.45) is 0.534. The first-order valence-corrected chi connectivity index (χ1v) is 11.7. The van der Waals surface area contributed by atoms with E-state index in [0.717, 1.165) is 15.7 Å². The molecule has 9 heteroatoms. The van der Waals surface area contributed by atoms with Crippen LogP contribution in [0, 0.1) is 0 Å². The average Bonchev–Trinajstić information content (AvgIpc) is 3.15. The molecule has 1 unspecified atom stereocenters. The molecule has 1 atom stereocenters. The van der Waals surface area contributed by atoms with Crippen LogP contribution in [-0.2, 0) is 10.0 Å². The molecule has 3 aromatic rings. The zero-order chi connectivity index (χ0) is 21.5. The Balaban J connectivity index is 1.79. The Morgan fingerprint density at radius 1 is 1.07 bits per heavy atom. The van der Waals surface area contributed by atoms with Crippen LogP contribution in [-0.4, -0.2) is 19.2 Å². The van der Waals surface area contributed by atoms with Crippen molar-refractivity contribution in [3.05, 3.63) is 87.4 Å². The molecule has 0 aromatic heterocycles. The highest BCUT2D eigenvalue weighted by molar-refractivity contribution is 9.10. The van der Waals surface area contributed by atoms with Crippen molar-refractivity contribution in [2.24, 2.45) is 10.2 Å². The lowest BCUT2D eigenvalue weighted by Crippen LogP contribution is -2.19. The van der Waals surface area contributed by atoms with E-state index in [-0.39, 0.29) is 16.7 Å². The predicted octanol–water partition coefficient (Wildman–Crippen LogP) is 4.81. The minimum Gasteiger partial charge on any atom is -0.508 e. The lowest BCUT2D eigenvalue weighted by Gasteiger charge is -2.25. The lowest BCUT2D eigenvalue weighted by molar-refractivity contribution is 0.461. The monoisotopic (exact) mass is 505 g/mol. The number of primary sulfonamides is 1. The van der Waals surface area contributed by atoms with Crippen molar-refractivity contribution in [3.63, 3.8) is 0 Å². The molecule has 1 aliphatic rings. The quantitative estimate of drug-likeness (QED) is 0.531. The molecule has 3 N–H and O–H groups in total. The number of hydrogen-bond acceptors (Lipinski definition) is 5. The molecule has 30 heavy (non-hydrogen) atoms. The number of sulfonamides is 1. The van der Waals surface area contributed by atoms with Crippen LogP contribution in [0.5, 0.6) is 5.75 Å². The molecule has 0 fully saturated rings. The van der Waals surface area contributed by atoms with Gasteiger partial charge in [0.2, 0.25) is 10.0 Å². The highest BCUT2D eigenvalue weighted by atomic mass is 79.9. The van der Waals surface area contributed by atoms with E-state index in [0.29, 0.717) is 22.7 Å². The Kier molecular flexibility index (Phi) is 5.59. The van der Waals surface area contributed by atoms with Gasteiger partial charge in [-0.25, -0.2) is 13.6 Å². The number of halogens is 2. The third-order valence-electron chi connectivity index (χ3n) is 4.87. The summed E-state index contributed by atoms with van der Waals surface area (Å²) in [5.74, 6) is 0.114. The van der Waals surface area contributed by atoms with Crippen molar-refractivity contribution in [2.75, 3.05) is 5.01 Å². The van der Waals surface area contributed by atoms with Gasteiger partial charge >= 0.3 is 0 Å². The first kappa shape index (κ1) is 20.9. The summed E-state index contributed by atoms with van der Waals surface area (Å²) in [4.78, 5) is 0.0183. The van der Waals surface area contributed by atoms with Crippen LogP contribution in [0.3, 0.4) is 0 Å². The second kappa shape index (κ2) is 8.03. The molecule has 6 nitrogen and oxygen atoms in total. The normalized spacial score (nSPS) is 16.6. The maximum absolute atomic E-state index is 11.6. The lowest BCUT2D eigenvalue weighted by atomic mass is 9.97. The molecular weight excluding hydrogens is 490 g/mol. The number of rotatable bonds is 4. The van der Waals surface area contributed by atoms with Gasteiger partial charge in [-0.3, -0.25) is 5.01 Å². The van der Waals surface area contributed by atoms with Crippen LogP contribution in [0.15, 0.2) is 81.2 Å². The molecule has 0 saturated carbocycles. The number of phenolic OH excluding ortho intramolecular Hbond substituents is 1. The summed E-state index contributed by atoms with van der Waals surface area (Å²) in [6.45, 7) is 0. The Labute approximate surface area is 187 Å². The summed E-state index contributed by atoms with van der Waals surface area (Å²) in [5, 5.41) is 22.7. The van der Waals surface area contributed by atoms with Crippen LogP contribution in [0.1, 0.15) is 23.6 Å². The molecule has 1 heterocycles. The Hall–Kier alpha value is -2.39. The average molecular weight is 507 g/mol. The predicted molar refractivity (Wildman–Crippen MR) is 121 cm³/mol. The van der Waals surface area contributed by atoms with Crippen LogP contribution in [0.2, 0.25) is 5.02 Å². The minimum absolute atomic E-state index is 0.0183. The molecule has 0 amide bonds. The molecular formula is C21H17BrClN3O3S.